The third-order valence-electron chi connectivity index (χ3n) is 3.53. The molecular formula is C13H24N2O3. The molecule has 1 unspecified atom stereocenters. The van der Waals surface area contributed by atoms with Crippen molar-refractivity contribution < 1.29 is 14.3 Å². The van der Waals surface area contributed by atoms with Crippen LogP contribution in [-0.2, 0) is 14.3 Å². The molecule has 0 radical (unpaired) electrons. The summed E-state index contributed by atoms with van der Waals surface area (Å²) in [5, 5.41) is 2.99. The van der Waals surface area contributed by atoms with Crippen molar-refractivity contribution >= 4 is 11.9 Å². The molecule has 1 rings (SSSR count). The van der Waals surface area contributed by atoms with E-state index in [1.54, 1.807) is 0 Å². The standard InChI is InChI=1S/C13H24N2O3/c1-4-10(5-2)14-12(16)9-15-8-6-7-11(15)13(17)18-3/h10-11H,4-9H2,1-3H3,(H,14,16). The SMILES string of the molecule is CCC(CC)NC(=O)CN1CCCC1C(=O)OC. The van der Waals surface area contributed by atoms with Crippen molar-refractivity contribution in [2.45, 2.75) is 51.6 Å². The molecule has 0 aromatic heterocycles. The van der Waals surface area contributed by atoms with E-state index in [4.69, 9.17) is 4.74 Å². The van der Waals surface area contributed by atoms with Crippen molar-refractivity contribution in [3.63, 3.8) is 0 Å². The van der Waals surface area contributed by atoms with Gasteiger partial charge in [0.05, 0.1) is 13.7 Å². The van der Waals surface area contributed by atoms with Gasteiger partial charge in [-0.25, -0.2) is 0 Å². The van der Waals surface area contributed by atoms with Crippen LogP contribution in [0.2, 0.25) is 0 Å². The number of hydrogen-bond donors (Lipinski definition) is 1. The highest BCUT2D eigenvalue weighted by atomic mass is 16.5. The van der Waals surface area contributed by atoms with Crippen molar-refractivity contribution in [1.29, 1.82) is 0 Å². The second kappa shape index (κ2) is 7.36. The zero-order valence-corrected chi connectivity index (χ0v) is 11.6. The van der Waals surface area contributed by atoms with Crippen LogP contribution in [0.4, 0.5) is 0 Å². The number of carbonyl (C=O) groups excluding carboxylic acids is 2. The lowest BCUT2D eigenvalue weighted by Gasteiger charge is -2.23. The Hall–Kier alpha value is -1.10. The van der Waals surface area contributed by atoms with Gasteiger partial charge in [0.2, 0.25) is 5.91 Å². The van der Waals surface area contributed by atoms with Gasteiger partial charge in [-0.15, -0.1) is 0 Å². The van der Waals surface area contributed by atoms with Gasteiger partial charge >= 0.3 is 5.97 Å². The number of methoxy groups -OCH3 is 1. The van der Waals surface area contributed by atoms with Crippen LogP contribution in [0.15, 0.2) is 0 Å². The Morgan fingerprint density at radius 3 is 2.61 bits per heavy atom. The molecule has 1 saturated heterocycles. The normalized spacial score (nSPS) is 20.1. The predicted octanol–water partition coefficient (Wildman–Crippen LogP) is 0.929. The van der Waals surface area contributed by atoms with Crippen LogP contribution in [0.5, 0.6) is 0 Å². The molecule has 18 heavy (non-hydrogen) atoms. The van der Waals surface area contributed by atoms with E-state index in [0.717, 1.165) is 32.2 Å². The molecule has 5 heteroatoms. The van der Waals surface area contributed by atoms with Gasteiger partial charge in [0.1, 0.15) is 6.04 Å². The second-order valence-electron chi connectivity index (χ2n) is 4.73. The molecule has 1 aliphatic rings. The summed E-state index contributed by atoms with van der Waals surface area (Å²) in [6, 6.07) is -0.0147. The number of carbonyl (C=O) groups is 2. The van der Waals surface area contributed by atoms with Crippen LogP contribution < -0.4 is 5.32 Å². The first kappa shape index (κ1) is 15.0. The first-order valence-corrected chi connectivity index (χ1v) is 6.73. The lowest BCUT2D eigenvalue weighted by atomic mass is 10.2. The lowest BCUT2D eigenvalue weighted by Crippen LogP contribution is -2.45. The molecule has 1 atom stereocenters. The maximum Gasteiger partial charge on any atom is 0.323 e. The summed E-state index contributed by atoms with van der Waals surface area (Å²) in [6.45, 7) is 5.19. The topological polar surface area (TPSA) is 58.6 Å². The van der Waals surface area contributed by atoms with Crippen LogP contribution in [0.3, 0.4) is 0 Å². The largest absolute Gasteiger partial charge is 0.468 e. The maximum absolute atomic E-state index is 11.9. The minimum Gasteiger partial charge on any atom is -0.468 e. The van der Waals surface area contributed by atoms with Crippen LogP contribution in [0.25, 0.3) is 0 Å². The average molecular weight is 256 g/mol. The zero-order chi connectivity index (χ0) is 13.5. The molecule has 0 bridgehead atoms. The van der Waals surface area contributed by atoms with E-state index in [1.807, 2.05) is 4.90 Å². The molecule has 0 aliphatic carbocycles. The Balaban J connectivity index is 2.45. The summed E-state index contributed by atoms with van der Waals surface area (Å²) in [5.41, 5.74) is 0. The molecule has 0 spiro atoms. The number of esters is 1. The van der Waals surface area contributed by atoms with Crippen molar-refractivity contribution in [1.82, 2.24) is 10.2 Å². The van der Waals surface area contributed by atoms with Gasteiger partial charge in [-0.05, 0) is 32.2 Å². The Bertz CT molecular complexity index is 290. The number of ether oxygens (including phenoxy) is 1. The highest BCUT2D eigenvalue weighted by Gasteiger charge is 2.32. The molecule has 1 amide bonds. The number of hydrogen-bond acceptors (Lipinski definition) is 4. The van der Waals surface area contributed by atoms with Crippen molar-refractivity contribution in [3.8, 4) is 0 Å². The summed E-state index contributed by atoms with van der Waals surface area (Å²) in [6.07, 6.45) is 3.59. The number of rotatable bonds is 6. The predicted molar refractivity (Wildman–Crippen MR) is 69.1 cm³/mol. The maximum atomic E-state index is 11.9. The third kappa shape index (κ3) is 3.98. The fourth-order valence-electron chi connectivity index (χ4n) is 2.37. The van der Waals surface area contributed by atoms with Gasteiger partial charge in [-0.2, -0.15) is 0 Å². The molecular weight excluding hydrogens is 232 g/mol. The van der Waals surface area contributed by atoms with E-state index in [9.17, 15) is 9.59 Å². The highest BCUT2D eigenvalue weighted by molar-refractivity contribution is 5.81. The minimum absolute atomic E-state index is 0.000460. The summed E-state index contributed by atoms with van der Waals surface area (Å²) in [5.74, 6) is -0.234. The van der Waals surface area contributed by atoms with Gasteiger partial charge in [0.15, 0.2) is 0 Å². The second-order valence-corrected chi connectivity index (χ2v) is 4.73. The summed E-state index contributed by atoms with van der Waals surface area (Å²) >= 11 is 0. The smallest absolute Gasteiger partial charge is 0.323 e. The summed E-state index contributed by atoms with van der Waals surface area (Å²) in [4.78, 5) is 25.3. The van der Waals surface area contributed by atoms with Gasteiger partial charge in [-0.1, -0.05) is 13.8 Å². The first-order chi connectivity index (χ1) is 8.62. The molecule has 1 heterocycles. The molecule has 1 aliphatic heterocycles. The van der Waals surface area contributed by atoms with E-state index in [-0.39, 0.29) is 30.5 Å². The Morgan fingerprint density at radius 1 is 1.39 bits per heavy atom. The quantitative estimate of drug-likeness (QED) is 0.718. The minimum atomic E-state index is -0.248. The number of likely N-dealkylation sites (tertiary alicyclic amines) is 1. The van der Waals surface area contributed by atoms with Crippen LogP contribution in [0, 0.1) is 0 Å². The Morgan fingerprint density at radius 2 is 2.06 bits per heavy atom. The third-order valence-corrected chi connectivity index (χ3v) is 3.53. The molecule has 0 aromatic carbocycles. The van der Waals surface area contributed by atoms with Crippen LogP contribution in [0.1, 0.15) is 39.5 Å². The van der Waals surface area contributed by atoms with E-state index >= 15 is 0 Å². The zero-order valence-electron chi connectivity index (χ0n) is 11.6. The van der Waals surface area contributed by atoms with Crippen molar-refractivity contribution in [2.75, 3.05) is 20.2 Å². The van der Waals surface area contributed by atoms with Gasteiger partial charge in [0.25, 0.3) is 0 Å². The van der Waals surface area contributed by atoms with Gasteiger partial charge in [0, 0.05) is 6.04 Å². The van der Waals surface area contributed by atoms with E-state index in [2.05, 4.69) is 19.2 Å². The number of nitrogens with zero attached hydrogens (tertiary/aromatic N) is 1. The molecule has 104 valence electrons. The Kier molecular flexibility index (Phi) is 6.12. The molecule has 5 nitrogen and oxygen atoms in total. The molecule has 0 aromatic rings. The lowest BCUT2D eigenvalue weighted by molar-refractivity contribution is -0.146. The number of nitrogens with one attached hydrogen (secondary N) is 1. The fraction of sp³-hybridized carbons (Fsp3) is 0.846. The monoisotopic (exact) mass is 256 g/mol. The van der Waals surface area contributed by atoms with Gasteiger partial charge in [-0.3, -0.25) is 14.5 Å². The van der Waals surface area contributed by atoms with Crippen molar-refractivity contribution in [3.05, 3.63) is 0 Å². The van der Waals surface area contributed by atoms with E-state index in [1.165, 1.54) is 7.11 Å². The molecule has 1 fully saturated rings. The number of amides is 1. The molecule has 1 N–H and O–H groups in total. The highest BCUT2D eigenvalue weighted by Crippen LogP contribution is 2.17. The van der Waals surface area contributed by atoms with E-state index in [0.29, 0.717) is 0 Å². The average Bonchev–Trinajstić information content (AvgIpc) is 2.82. The summed E-state index contributed by atoms with van der Waals surface area (Å²) in [7, 11) is 1.39. The fourth-order valence-corrected chi connectivity index (χ4v) is 2.37. The summed E-state index contributed by atoms with van der Waals surface area (Å²) < 4.78 is 4.76. The first-order valence-electron chi connectivity index (χ1n) is 6.73. The van der Waals surface area contributed by atoms with Gasteiger partial charge < -0.3 is 10.1 Å². The van der Waals surface area contributed by atoms with Crippen LogP contribution in [-0.4, -0.2) is 49.1 Å². The van der Waals surface area contributed by atoms with E-state index < -0.39 is 0 Å². The Labute approximate surface area is 109 Å². The van der Waals surface area contributed by atoms with Crippen molar-refractivity contribution in [2.24, 2.45) is 0 Å². The molecule has 0 saturated carbocycles. The van der Waals surface area contributed by atoms with Crippen LogP contribution >= 0.6 is 0 Å².